The van der Waals surface area contributed by atoms with Gasteiger partial charge in [-0.05, 0) is 37.1 Å². The molecule has 2 aromatic carbocycles. The molecule has 0 fully saturated rings. The number of nitrogens with one attached hydrogen (secondary N) is 1. The fourth-order valence-corrected chi connectivity index (χ4v) is 3.65. The van der Waals surface area contributed by atoms with Crippen molar-refractivity contribution in [1.82, 2.24) is 4.98 Å². The van der Waals surface area contributed by atoms with Gasteiger partial charge in [-0.15, -0.1) is 0 Å². The number of para-hydroxylation sites is 1. The minimum atomic E-state index is -0.491. The summed E-state index contributed by atoms with van der Waals surface area (Å²) in [5, 5.41) is 4.55. The van der Waals surface area contributed by atoms with Gasteiger partial charge in [-0.1, -0.05) is 37.6 Å². The maximum absolute atomic E-state index is 11.9. The third kappa shape index (κ3) is 4.71. The van der Waals surface area contributed by atoms with Gasteiger partial charge in [0.2, 0.25) is 0 Å². The first-order valence-electron chi connectivity index (χ1n) is 10.3. The van der Waals surface area contributed by atoms with E-state index in [0.29, 0.717) is 24.3 Å². The van der Waals surface area contributed by atoms with Crippen molar-refractivity contribution in [2.45, 2.75) is 39.3 Å². The van der Waals surface area contributed by atoms with E-state index in [9.17, 15) is 4.79 Å². The van der Waals surface area contributed by atoms with Crippen LogP contribution in [0, 0.1) is 0 Å². The van der Waals surface area contributed by atoms with E-state index in [1.54, 1.807) is 19.4 Å². The van der Waals surface area contributed by atoms with Crippen molar-refractivity contribution >= 4 is 22.5 Å². The highest BCUT2D eigenvalue weighted by Gasteiger charge is 2.18. The molecule has 0 saturated carbocycles. The van der Waals surface area contributed by atoms with E-state index in [1.165, 1.54) is 5.56 Å². The van der Waals surface area contributed by atoms with Crippen LogP contribution in [-0.4, -0.2) is 24.6 Å². The van der Waals surface area contributed by atoms with Crippen LogP contribution < -0.4 is 15.8 Å². The van der Waals surface area contributed by atoms with E-state index in [0.717, 1.165) is 35.2 Å². The second-order valence-corrected chi connectivity index (χ2v) is 7.15. The molecular weight excluding hydrogens is 378 g/mol. The molecule has 0 saturated heterocycles. The molecule has 3 aromatic rings. The number of methoxy groups -OCH3 is 1. The number of amides is 1. The van der Waals surface area contributed by atoms with E-state index in [4.69, 9.17) is 15.2 Å². The van der Waals surface area contributed by atoms with E-state index in [-0.39, 0.29) is 6.04 Å². The molecule has 3 rings (SSSR count). The average molecular weight is 408 g/mol. The molecule has 3 N–H and O–H groups in total. The molecule has 0 spiro atoms. The highest BCUT2D eigenvalue weighted by Crippen LogP contribution is 2.33. The van der Waals surface area contributed by atoms with Gasteiger partial charge in [0.1, 0.15) is 5.75 Å². The van der Waals surface area contributed by atoms with Crippen molar-refractivity contribution in [3.8, 4) is 5.75 Å². The molecule has 0 radical (unpaired) electrons. The Morgan fingerprint density at radius 2 is 1.93 bits per heavy atom. The molecule has 0 aliphatic rings. The molecule has 6 nitrogen and oxygen atoms in total. The first kappa shape index (κ1) is 21.6. The number of primary amides is 1. The van der Waals surface area contributed by atoms with E-state index in [1.807, 2.05) is 31.2 Å². The molecule has 0 aliphatic carbocycles. The van der Waals surface area contributed by atoms with Gasteiger partial charge in [0.15, 0.2) is 0 Å². The maximum Gasteiger partial charge on any atom is 0.250 e. The number of fused-ring (bicyclic) bond motifs is 1. The molecule has 158 valence electrons. The van der Waals surface area contributed by atoms with Crippen LogP contribution in [0.4, 0.5) is 5.69 Å². The maximum atomic E-state index is 11.9. The summed E-state index contributed by atoms with van der Waals surface area (Å²) in [6.45, 7) is 5.19. The zero-order valence-electron chi connectivity index (χ0n) is 17.8. The summed E-state index contributed by atoms with van der Waals surface area (Å²) in [6.07, 6.45) is 3.71. The number of carbonyl (C=O) groups excluding carboxylic acids is 1. The number of nitrogens with two attached hydrogens (primary N) is 1. The minimum Gasteiger partial charge on any atom is -0.494 e. The van der Waals surface area contributed by atoms with E-state index >= 15 is 0 Å². The van der Waals surface area contributed by atoms with Crippen molar-refractivity contribution in [3.63, 3.8) is 0 Å². The Bertz CT molecular complexity index is 1000. The van der Waals surface area contributed by atoms with Gasteiger partial charge in [0.25, 0.3) is 5.91 Å². The number of rotatable bonds is 10. The third-order valence-corrected chi connectivity index (χ3v) is 5.03. The topological polar surface area (TPSA) is 86.5 Å². The van der Waals surface area contributed by atoms with Gasteiger partial charge in [-0.25, -0.2) is 0 Å². The Morgan fingerprint density at radius 1 is 1.17 bits per heavy atom. The number of carbonyl (C=O) groups is 1. The molecular formula is C24H29N3O3. The van der Waals surface area contributed by atoms with Gasteiger partial charge < -0.3 is 20.5 Å². The van der Waals surface area contributed by atoms with Gasteiger partial charge in [0.05, 0.1) is 36.0 Å². The van der Waals surface area contributed by atoms with Crippen molar-refractivity contribution in [3.05, 3.63) is 65.4 Å². The van der Waals surface area contributed by atoms with Gasteiger partial charge in [-0.3, -0.25) is 9.78 Å². The molecule has 0 aliphatic heterocycles. The summed E-state index contributed by atoms with van der Waals surface area (Å²) in [4.78, 5) is 16.4. The summed E-state index contributed by atoms with van der Waals surface area (Å²) in [5.74, 6) is 0.368. The SMILES string of the molecule is CCC[C@@H](Nc1c(COC)cnc2c(C(N)=O)cccc12)c1ccc(OCC)cc1. The largest absolute Gasteiger partial charge is 0.494 e. The first-order chi connectivity index (χ1) is 14.6. The fraction of sp³-hybridized carbons (Fsp3) is 0.333. The van der Waals surface area contributed by atoms with Crippen molar-refractivity contribution < 1.29 is 14.3 Å². The summed E-state index contributed by atoms with van der Waals surface area (Å²) in [6, 6.07) is 13.7. The van der Waals surface area contributed by atoms with Crippen LogP contribution in [-0.2, 0) is 11.3 Å². The number of hydrogen-bond acceptors (Lipinski definition) is 5. The standard InChI is InChI=1S/C24H29N3O3/c1-4-7-21(16-10-12-18(13-11-16)30-5-2)27-22-17(15-29-3)14-26-23-19(22)8-6-9-20(23)24(25)28/h6,8-14,21H,4-5,7,15H2,1-3H3,(H2,25,28)(H,26,27)/t21-/m1/s1. The van der Waals surface area contributed by atoms with Gasteiger partial charge in [-0.2, -0.15) is 0 Å². The number of pyridine rings is 1. The molecule has 1 amide bonds. The Balaban J connectivity index is 2.06. The minimum absolute atomic E-state index is 0.0871. The second-order valence-electron chi connectivity index (χ2n) is 7.15. The second kappa shape index (κ2) is 10.1. The summed E-state index contributed by atoms with van der Waals surface area (Å²) in [7, 11) is 1.66. The summed E-state index contributed by atoms with van der Waals surface area (Å²) in [5.41, 5.74) is 9.58. The highest BCUT2D eigenvalue weighted by atomic mass is 16.5. The Hall–Kier alpha value is -3.12. The molecule has 6 heteroatoms. The van der Waals surface area contributed by atoms with Crippen molar-refractivity contribution in [2.24, 2.45) is 5.73 Å². The average Bonchev–Trinajstić information content (AvgIpc) is 2.75. The number of aromatic nitrogens is 1. The van der Waals surface area contributed by atoms with Gasteiger partial charge in [0, 0.05) is 24.3 Å². The predicted molar refractivity (Wildman–Crippen MR) is 120 cm³/mol. The number of nitrogens with zero attached hydrogens (tertiary/aromatic N) is 1. The molecule has 0 unspecified atom stereocenters. The quantitative estimate of drug-likeness (QED) is 0.503. The van der Waals surface area contributed by atoms with Crippen molar-refractivity contribution in [1.29, 1.82) is 0 Å². The van der Waals surface area contributed by atoms with Gasteiger partial charge >= 0.3 is 0 Å². The lowest BCUT2D eigenvalue weighted by atomic mass is 9.99. The lowest BCUT2D eigenvalue weighted by Crippen LogP contribution is -2.15. The predicted octanol–water partition coefficient (Wildman–Crippen LogP) is 4.83. The Morgan fingerprint density at radius 3 is 2.57 bits per heavy atom. The first-order valence-corrected chi connectivity index (χ1v) is 10.3. The molecule has 1 atom stereocenters. The smallest absolute Gasteiger partial charge is 0.250 e. The van der Waals surface area contributed by atoms with Crippen LogP contribution >= 0.6 is 0 Å². The van der Waals surface area contributed by atoms with E-state index in [2.05, 4.69) is 29.4 Å². The number of hydrogen-bond donors (Lipinski definition) is 2. The number of anilines is 1. The van der Waals surface area contributed by atoms with E-state index < -0.39 is 5.91 Å². The normalized spacial score (nSPS) is 12.0. The van der Waals surface area contributed by atoms with Crippen LogP contribution in [0.5, 0.6) is 5.75 Å². The zero-order valence-corrected chi connectivity index (χ0v) is 17.8. The lowest BCUT2D eigenvalue weighted by Gasteiger charge is -2.23. The van der Waals surface area contributed by atoms with Crippen LogP contribution in [0.15, 0.2) is 48.7 Å². The number of benzene rings is 2. The van der Waals surface area contributed by atoms with Crippen LogP contribution in [0.3, 0.4) is 0 Å². The Labute approximate surface area is 177 Å². The lowest BCUT2D eigenvalue weighted by molar-refractivity contribution is 0.100. The van der Waals surface area contributed by atoms with Crippen LogP contribution in [0.2, 0.25) is 0 Å². The third-order valence-electron chi connectivity index (χ3n) is 5.03. The summed E-state index contributed by atoms with van der Waals surface area (Å²) < 4.78 is 11.0. The Kier molecular flexibility index (Phi) is 7.25. The highest BCUT2D eigenvalue weighted by molar-refractivity contribution is 6.08. The van der Waals surface area contributed by atoms with Crippen LogP contribution in [0.1, 0.15) is 54.2 Å². The number of ether oxygens (including phenoxy) is 2. The molecule has 0 bridgehead atoms. The van der Waals surface area contributed by atoms with Crippen molar-refractivity contribution in [2.75, 3.05) is 19.0 Å². The summed E-state index contributed by atoms with van der Waals surface area (Å²) >= 11 is 0. The molecule has 1 aromatic heterocycles. The zero-order chi connectivity index (χ0) is 21.5. The fourth-order valence-electron chi connectivity index (χ4n) is 3.65. The monoisotopic (exact) mass is 407 g/mol. The molecule has 30 heavy (non-hydrogen) atoms. The molecule has 1 heterocycles. The van der Waals surface area contributed by atoms with Crippen LogP contribution in [0.25, 0.3) is 10.9 Å².